The Bertz CT molecular complexity index is 2000. The number of aryl methyl sites for hydroxylation is 1. The van der Waals surface area contributed by atoms with Gasteiger partial charge < -0.3 is 67.1 Å². The SMILES string of the molecule is CC[C@H](C(=O)N1CCCC[C@H]1C(=O)O[C@H](CCc1ccc(OC)c(OC)c1)c1cccc(OCC(=O)NCCOCCOCCOCCOCCOCCCCCCCl)c1)c1cc(OC)c(OC)c(OC)c1. The number of esters is 1. The number of amides is 2. The third-order valence-corrected chi connectivity index (χ3v) is 12.4. The molecular weight excluding hydrogens is 952 g/mol. The predicted octanol–water partition coefficient (Wildman–Crippen LogP) is 7.90. The highest BCUT2D eigenvalue weighted by Gasteiger charge is 2.38. The third-order valence-electron chi connectivity index (χ3n) is 12.1. The lowest BCUT2D eigenvalue weighted by Gasteiger charge is -2.37. The second-order valence-corrected chi connectivity index (χ2v) is 17.4. The first-order valence-electron chi connectivity index (χ1n) is 25.2. The first-order valence-corrected chi connectivity index (χ1v) is 25.7. The number of nitrogens with zero attached hydrogens (tertiary/aromatic N) is 1. The highest BCUT2D eigenvalue weighted by molar-refractivity contribution is 6.17. The predicted molar refractivity (Wildman–Crippen MR) is 273 cm³/mol. The number of hydrogen-bond acceptors (Lipinski definition) is 15. The van der Waals surface area contributed by atoms with Crippen molar-refractivity contribution in [2.75, 3.05) is 127 Å². The number of carbonyl (C=O) groups is 3. The number of rotatable bonds is 38. The molecule has 0 bridgehead atoms. The fraction of sp³-hybridized carbons (Fsp3) is 0.611. The summed E-state index contributed by atoms with van der Waals surface area (Å²) in [7, 11) is 7.75. The summed E-state index contributed by atoms with van der Waals surface area (Å²) in [6.45, 7) is 7.20. The molecule has 1 aliphatic heterocycles. The zero-order chi connectivity index (χ0) is 51.8. The van der Waals surface area contributed by atoms with Gasteiger partial charge in [-0.05, 0) is 104 Å². The smallest absolute Gasteiger partial charge is 0.329 e. The number of ether oxygens (including phenoxy) is 12. The van der Waals surface area contributed by atoms with E-state index in [2.05, 4.69) is 5.32 Å². The van der Waals surface area contributed by atoms with Gasteiger partial charge in [0.05, 0.1) is 101 Å². The van der Waals surface area contributed by atoms with Crippen molar-refractivity contribution in [3.05, 3.63) is 71.3 Å². The largest absolute Gasteiger partial charge is 0.493 e. The maximum Gasteiger partial charge on any atom is 0.329 e. The van der Waals surface area contributed by atoms with Crippen LogP contribution in [0.25, 0.3) is 0 Å². The maximum absolute atomic E-state index is 14.5. The Labute approximate surface area is 431 Å². The summed E-state index contributed by atoms with van der Waals surface area (Å²) < 4.78 is 67.8. The highest BCUT2D eigenvalue weighted by Crippen LogP contribution is 2.42. The average molecular weight is 1030 g/mol. The van der Waals surface area contributed by atoms with Crippen molar-refractivity contribution in [3.8, 4) is 34.5 Å². The van der Waals surface area contributed by atoms with E-state index in [0.29, 0.717) is 144 Å². The van der Waals surface area contributed by atoms with E-state index >= 15 is 0 Å². The molecule has 402 valence electrons. The van der Waals surface area contributed by atoms with E-state index in [9.17, 15) is 14.4 Å². The highest BCUT2D eigenvalue weighted by atomic mass is 35.5. The Morgan fingerprint density at radius 2 is 1.29 bits per heavy atom. The van der Waals surface area contributed by atoms with Crippen molar-refractivity contribution >= 4 is 29.4 Å². The molecule has 0 saturated carbocycles. The molecule has 3 atom stereocenters. The zero-order valence-electron chi connectivity index (χ0n) is 43.3. The number of methoxy groups -OCH3 is 5. The summed E-state index contributed by atoms with van der Waals surface area (Å²) in [6, 6.07) is 15.6. The molecule has 3 aromatic carbocycles. The quantitative estimate of drug-likeness (QED) is 0.0333. The number of carbonyl (C=O) groups excluding carboxylic acids is 3. The van der Waals surface area contributed by atoms with Gasteiger partial charge in [0.1, 0.15) is 17.9 Å². The Balaban J connectivity index is 1.26. The van der Waals surface area contributed by atoms with E-state index in [0.717, 1.165) is 56.6 Å². The molecule has 1 N–H and O–H groups in total. The molecule has 18 heteroatoms. The lowest BCUT2D eigenvalue weighted by molar-refractivity contribution is -0.162. The van der Waals surface area contributed by atoms with Gasteiger partial charge in [-0.1, -0.05) is 38.0 Å². The van der Waals surface area contributed by atoms with Crippen molar-refractivity contribution in [1.82, 2.24) is 10.2 Å². The van der Waals surface area contributed by atoms with Crippen LogP contribution in [0.3, 0.4) is 0 Å². The molecule has 0 spiro atoms. The van der Waals surface area contributed by atoms with Crippen LogP contribution in [-0.4, -0.2) is 156 Å². The second-order valence-electron chi connectivity index (χ2n) is 17.0. The fourth-order valence-corrected chi connectivity index (χ4v) is 8.43. The minimum atomic E-state index is -0.801. The number of nitrogens with one attached hydrogen (secondary N) is 1. The molecule has 72 heavy (non-hydrogen) atoms. The van der Waals surface area contributed by atoms with Gasteiger partial charge in [-0.15, -0.1) is 11.6 Å². The van der Waals surface area contributed by atoms with E-state index < -0.39 is 24.0 Å². The van der Waals surface area contributed by atoms with Gasteiger partial charge >= 0.3 is 5.97 Å². The minimum absolute atomic E-state index is 0.183. The maximum atomic E-state index is 14.5. The monoisotopic (exact) mass is 1030 g/mol. The summed E-state index contributed by atoms with van der Waals surface area (Å²) in [5, 5.41) is 2.81. The number of likely N-dealkylation sites (tertiary alicyclic amines) is 1. The lowest BCUT2D eigenvalue weighted by Crippen LogP contribution is -2.50. The van der Waals surface area contributed by atoms with Crippen molar-refractivity contribution in [1.29, 1.82) is 0 Å². The van der Waals surface area contributed by atoms with Crippen LogP contribution in [0.15, 0.2) is 54.6 Å². The normalized spacial score (nSPS) is 14.3. The van der Waals surface area contributed by atoms with Gasteiger partial charge in [-0.2, -0.15) is 0 Å². The summed E-state index contributed by atoms with van der Waals surface area (Å²) in [6.07, 6.45) is 7.01. The molecule has 0 radical (unpaired) electrons. The third kappa shape index (κ3) is 20.5. The Kier molecular flexibility index (Phi) is 29.1. The molecular formula is C54H79ClN2O15. The summed E-state index contributed by atoms with van der Waals surface area (Å²) in [5.41, 5.74) is 2.31. The molecule has 1 heterocycles. The van der Waals surface area contributed by atoms with Gasteiger partial charge in [0.2, 0.25) is 11.7 Å². The van der Waals surface area contributed by atoms with Gasteiger partial charge in [0.15, 0.2) is 29.6 Å². The van der Waals surface area contributed by atoms with Crippen LogP contribution in [0.1, 0.15) is 93.4 Å². The van der Waals surface area contributed by atoms with E-state index in [4.69, 9.17) is 68.4 Å². The molecule has 0 aliphatic carbocycles. The van der Waals surface area contributed by atoms with E-state index in [1.165, 1.54) is 21.3 Å². The molecule has 1 aliphatic rings. The molecule has 17 nitrogen and oxygen atoms in total. The number of unbranched alkanes of at least 4 members (excludes halogenated alkanes) is 3. The van der Waals surface area contributed by atoms with Crippen molar-refractivity contribution in [3.63, 3.8) is 0 Å². The second kappa shape index (κ2) is 35.2. The molecule has 1 fully saturated rings. The zero-order valence-corrected chi connectivity index (χ0v) is 44.1. The van der Waals surface area contributed by atoms with E-state index in [1.807, 2.05) is 31.2 Å². The van der Waals surface area contributed by atoms with Gasteiger partial charge in [0.25, 0.3) is 5.91 Å². The average Bonchev–Trinajstić information content (AvgIpc) is 3.41. The van der Waals surface area contributed by atoms with Gasteiger partial charge in [-0.3, -0.25) is 9.59 Å². The van der Waals surface area contributed by atoms with Crippen LogP contribution >= 0.6 is 11.6 Å². The van der Waals surface area contributed by atoms with Crippen LogP contribution in [0.2, 0.25) is 0 Å². The summed E-state index contributed by atoms with van der Waals surface area (Å²) in [4.78, 5) is 43.3. The Hall–Kier alpha value is -5.04. The first-order chi connectivity index (χ1) is 35.2. The minimum Gasteiger partial charge on any atom is -0.493 e. The van der Waals surface area contributed by atoms with Crippen LogP contribution in [0, 0.1) is 0 Å². The van der Waals surface area contributed by atoms with Crippen molar-refractivity contribution in [2.45, 2.75) is 89.2 Å². The Morgan fingerprint density at radius 3 is 1.90 bits per heavy atom. The lowest BCUT2D eigenvalue weighted by atomic mass is 9.91. The van der Waals surface area contributed by atoms with Crippen LogP contribution in [0.4, 0.5) is 0 Å². The topological polar surface area (TPSA) is 177 Å². The van der Waals surface area contributed by atoms with Crippen LogP contribution < -0.4 is 33.7 Å². The molecule has 3 aromatic rings. The first kappa shape index (κ1) is 59.5. The van der Waals surface area contributed by atoms with Gasteiger partial charge in [-0.25, -0.2) is 4.79 Å². The number of piperidine rings is 1. The van der Waals surface area contributed by atoms with Crippen molar-refractivity contribution in [2.24, 2.45) is 0 Å². The van der Waals surface area contributed by atoms with Crippen LogP contribution in [0.5, 0.6) is 34.5 Å². The molecule has 2 amide bonds. The Morgan fingerprint density at radius 1 is 0.667 bits per heavy atom. The van der Waals surface area contributed by atoms with E-state index in [1.54, 1.807) is 49.5 Å². The number of hydrogen-bond donors (Lipinski definition) is 1. The van der Waals surface area contributed by atoms with Crippen LogP contribution in [-0.2, 0) is 49.2 Å². The number of halogens is 1. The summed E-state index contributed by atoms with van der Waals surface area (Å²) >= 11 is 5.69. The standard InChI is InChI=1S/C54H79ClN2O15/c1-7-44(42-37-49(63-4)52(65-6)50(38-42)64-5)53(59)57-24-12-10-17-45(57)54(60)72-46(20-18-40-19-21-47(61-2)48(35-40)62-3)41-15-14-16-43(36-41)71-39-51(58)56-23-26-67-28-30-69-32-34-70-33-31-68-29-27-66-25-13-9-8-11-22-55/h14-16,19,21,35-38,44-46H,7-13,17-18,20,22-34,39H2,1-6H3,(H,56,58)/t44-,45-,46+/m0/s1. The molecule has 0 aromatic heterocycles. The molecule has 4 rings (SSSR count). The van der Waals surface area contributed by atoms with Gasteiger partial charge in [0, 0.05) is 25.6 Å². The fourth-order valence-electron chi connectivity index (χ4n) is 8.24. The molecule has 1 saturated heterocycles. The van der Waals surface area contributed by atoms with E-state index in [-0.39, 0.29) is 18.4 Å². The number of alkyl halides is 1. The summed E-state index contributed by atoms with van der Waals surface area (Å²) in [5.74, 6) is 2.05. The van der Waals surface area contributed by atoms with Crippen molar-refractivity contribution < 1.29 is 71.2 Å². The number of benzene rings is 3. The molecule has 0 unspecified atom stereocenters.